The highest BCUT2D eigenvalue weighted by atomic mass is 32.1. The van der Waals surface area contributed by atoms with Crippen molar-refractivity contribution in [1.29, 1.82) is 0 Å². The van der Waals surface area contributed by atoms with Gasteiger partial charge in [-0.2, -0.15) is 0 Å². The summed E-state index contributed by atoms with van der Waals surface area (Å²) in [6, 6.07) is 4.24. The standard InChI is InChI=1S/C8H5FO2S/c9-6-1-2-7-5(3-6)4-10-8(12)11-7/h1-3H,4H2. The van der Waals surface area contributed by atoms with Gasteiger partial charge in [0.1, 0.15) is 18.2 Å². The van der Waals surface area contributed by atoms with Crippen molar-refractivity contribution in [3.8, 4) is 5.75 Å². The summed E-state index contributed by atoms with van der Waals surface area (Å²) in [5, 5.41) is 0.0918. The molecule has 0 spiro atoms. The zero-order valence-electron chi connectivity index (χ0n) is 6.04. The summed E-state index contributed by atoms with van der Waals surface area (Å²) in [6.07, 6.45) is 0. The van der Waals surface area contributed by atoms with Gasteiger partial charge < -0.3 is 9.47 Å². The molecule has 1 aliphatic rings. The van der Waals surface area contributed by atoms with Crippen LogP contribution in [0.5, 0.6) is 5.75 Å². The van der Waals surface area contributed by atoms with Gasteiger partial charge in [-0.15, -0.1) is 0 Å². The van der Waals surface area contributed by atoms with Crippen molar-refractivity contribution in [2.45, 2.75) is 6.61 Å². The number of rotatable bonds is 0. The predicted molar refractivity (Wildman–Crippen MR) is 44.4 cm³/mol. The van der Waals surface area contributed by atoms with Crippen LogP contribution in [0.3, 0.4) is 0 Å². The molecule has 0 atom stereocenters. The highest BCUT2D eigenvalue weighted by Crippen LogP contribution is 2.24. The average Bonchev–Trinajstić information content (AvgIpc) is 2.05. The molecular formula is C8H5FO2S. The molecule has 1 aromatic rings. The summed E-state index contributed by atoms with van der Waals surface area (Å²) in [5.74, 6) is 0.279. The third kappa shape index (κ3) is 1.25. The molecule has 4 heteroatoms. The highest BCUT2D eigenvalue weighted by Gasteiger charge is 2.15. The Morgan fingerprint density at radius 1 is 1.42 bits per heavy atom. The minimum atomic E-state index is -0.297. The third-order valence-electron chi connectivity index (χ3n) is 1.56. The minimum absolute atomic E-state index is 0.0918. The molecule has 0 N–H and O–H groups in total. The van der Waals surface area contributed by atoms with E-state index in [4.69, 9.17) is 9.47 Å². The Morgan fingerprint density at radius 3 is 3.08 bits per heavy atom. The van der Waals surface area contributed by atoms with Crippen molar-refractivity contribution in [2.75, 3.05) is 0 Å². The molecule has 1 heterocycles. The normalized spacial score (nSPS) is 14.6. The van der Waals surface area contributed by atoms with Crippen LogP contribution in [-0.4, -0.2) is 5.24 Å². The smallest absolute Gasteiger partial charge is 0.358 e. The van der Waals surface area contributed by atoms with Crippen molar-refractivity contribution in [3.63, 3.8) is 0 Å². The molecule has 0 unspecified atom stereocenters. The van der Waals surface area contributed by atoms with E-state index in [2.05, 4.69) is 12.2 Å². The van der Waals surface area contributed by atoms with Crippen molar-refractivity contribution in [2.24, 2.45) is 0 Å². The molecule has 62 valence electrons. The Hall–Kier alpha value is -1.16. The van der Waals surface area contributed by atoms with Crippen LogP contribution in [0, 0.1) is 5.82 Å². The zero-order chi connectivity index (χ0) is 8.55. The number of thiocarbonyl (C=S) groups is 1. The fourth-order valence-electron chi connectivity index (χ4n) is 1.02. The Labute approximate surface area is 73.9 Å². The van der Waals surface area contributed by atoms with E-state index >= 15 is 0 Å². The van der Waals surface area contributed by atoms with Crippen molar-refractivity contribution < 1.29 is 13.9 Å². The molecule has 0 saturated heterocycles. The Bertz CT molecular complexity index is 338. The van der Waals surface area contributed by atoms with Crippen LogP contribution in [0.4, 0.5) is 4.39 Å². The van der Waals surface area contributed by atoms with E-state index in [1.807, 2.05) is 0 Å². The summed E-state index contributed by atoms with van der Waals surface area (Å²) in [7, 11) is 0. The van der Waals surface area contributed by atoms with Gasteiger partial charge in [-0.1, -0.05) is 0 Å². The SMILES string of the molecule is Fc1ccc2c(c1)COC(=S)O2. The average molecular weight is 184 g/mol. The fraction of sp³-hybridized carbons (Fsp3) is 0.125. The van der Waals surface area contributed by atoms with Crippen molar-refractivity contribution in [3.05, 3.63) is 29.6 Å². The molecule has 0 aliphatic carbocycles. The van der Waals surface area contributed by atoms with E-state index in [9.17, 15) is 4.39 Å². The lowest BCUT2D eigenvalue weighted by Gasteiger charge is -2.17. The van der Waals surface area contributed by atoms with Gasteiger partial charge in [-0.05, 0) is 18.2 Å². The number of fused-ring (bicyclic) bond motifs is 1. The molecule has 0 aromatic heterocycles. The first kappa shape index (κ1) is 7.49. The zero-order valence-corrected chi connectivity index (χ0v) is 6.86. The third-order valence-corrected chi connectivity index (χ3v) is 1.76. The number of benzene rings is 1. The number of hydrogen-bond acceptors (Lipinski definition) is 3. The number of ether oxygens (including phenoxy) is 2. The van der Waals surface area contributed by atoms with Crippen molar-refractivity contribution in [1.82, 2.24) is 0 Å². The van der Waals surface area contributed by atoms with E-state index in [1.165, 1.54) is 12.1 Å². The van der Waals surface area contributed by atoms with E-state index in [1.54, 1.807) is 6.07 Å². The number of halogens is 1. The first-order valence-corrected chi connectivity index (χ1v) is 3.79. The first-order chi connectivity index (χ1) is 5.75. The highest BCUT2D eigenvalue weighted by molar-refractivity contribution is 7.79. The van der Waals surface area contributed by atoms with Crippen molar-refractivity contribution >= 4 is 17.5 Å². The molecule has 12 heavy (non-hydrogen) atoms. The maximum Gasteiger partial charge on any atom is 0.358 e. The van der Waals surface area contributed by atoms with Gasteiger partial charge in [0.05, 0.1) is 0 Å². The Morgan fingerprint density at radius 2 is 2.25 bits per heavy atom. The second-order valence-electron chi connectivity index (χ2n) is 2.39. The summed E-state index contributed by atoms with van der Waals surface area (Å²) in [6.45, 7) is 0.284. The lowest BCUT2D eigenvalue weighted by Crippen LogP contribution is -2.16. The summed E-state index contributed by atoms with van der Waals surface area (Å²) < 4.78 is 22.6. The molecule has 0 amide bonds. The second-order valence-corrected chi connectivity index (χ2v) is 2.73. The van der Waals surface area contributed by atoms with E-state index in [0.29, 0.717) is 11.3 Å². The van der Waals surface area contributed by atoms with Gasteiger partial charge in [0.25, 0.3) is 0 Å². The topological polar surface area (TPSA) is 18.5 Å². The molecule has 2 nitrogen and oxygen atoms in total. The molecule has 1 aromatic carbocycles. The number of hydrogen-bond donors (Lipinski definition) is 0. The molecule has 0 fully saturated rings. The quantitative estimate of drug-likeness (QED) is 0.575. The van der Waals surface area contributed by atoms with Gasteiger partial charge in [-0.3, -0.25) is 0 Å². The second kappa shape index (κ2) is 2.71. The van der Waals surface area contributed by atoms with Gasteiger partial charge in [0.15, 0.2) is 0 Å². The maximum atomic E-state index is 12.6. The monoisotopic (exact) mass is 184 g/mol. The van der Waals surface area contributed by atoms with E-state index in [-0.39, 0.29) is 17.7 Å². The maximum absolute atomic E-state index is 12.6. The fourth-order valence-corrected chi connectivity index (χ4v) is 1.17. The summed E-state index contributed by atoms with van der Waals surface area (Å²) >= 11 is 4.68. The molecule has 0 bridgehead atoms. The van der Waals surface area contributed by atoms with E-state index in [0.717, 1.165) is 0 Å². The molecule has 2 rings (SSSR count). The van der Waals surface area contributed by atoms with Gasteiger partial charge in [-0.25, -0.2) is 4.39 Å². The largest absolute Gasteiger partial charge is 0.452 e. The predicted octanol–water partition coefficient (Wildman–Crippen LogP) is 2.02. The Kier molecular flexibility index (Phi) is 1.69. The lowest BCUT2D eigenvalue weighted by molar-refractivity contribution is 0.210. The molecular weight excluding hydrogens is 179 g/mol. The van der Waals surface area contributed by atoms with Crippen LogP contribution >= 0.6 is 12.2 Å². The van der Waals surface area contributed by atoms with Gasteiger partial charge >= 0.3 is 5.24 Å². The van der Waals surface area contributed by atoms with Gasteiger partial charge in [0, 0.05) is 17.8 Å². The Balaban J connectivity index is 2.43. The van der Waals surface area contributed by atoms with Gasteiger partial charge in [0.2, 0.25) is 0 Å². The summed E-state index contributed by atoms with van der Waals surface area (Å²) in [4.78, 5) is 0. The van der Waals surface area contributed by atoms with Crippen LogP contribution in [0.15, 0.2) is 18.2 Å². The van der Waals surface area contributed by atoms with Crippen LogP contribution in [0.1, 0.15) is 5.56 Å². The van der Waals surface area contributed by atoms with Crippen LogP contribution in [0.2, 0.25) is 0 Å². The van der Waals surface area contributed by atoms with Crippen LogP contribution in [0.25, 0.3) is 0 Å². The van der Waals surface area contributed by atoms with Crippen LogP contribution in [-0.2, 0) is 11.3 Å². The van der Waals surface area contributed by atoms with Crippen LogP contribution < -0.4 is 4.74 Å². The molecule has 0 saturated carbocycles. The minimum Gasteiger partial charge on any atom is -0.452 e. The molecule has 1 aliphatic heterocycles. The molecule has 0 radical (unpaired) electrons. The first-order valence-electron chi connectivity index (χ1n) is 3.39. The van der Waals surface area contributed by atoms with E-state index < -0.39 is 0 Å². The lowest BCUT2D eigenvalue weighted by atomic mass is 10.2. The summed E-state index contributed by atoms with van der Waals surface area (Å²) in [5.41, 5.74) is 0.684.